The Kier molecular flexibility index (Phi) is 7.60. The first kappa shape index (κ1) is 12.4. The molecule has 13 heavy (non-hydrogen) atoms. The number of ether oxygens (including phenoxy) is 2. The molecule has 0 bridgehead atoms. The molecule has 0 aromatic carbocycles. The molecule has 0 aliphatic heterocycles. The van der Waals surface area contributed by atoms with Gasteiger partial charge >= 0.3 is 0 Å². The van der Waals surface area contributed by atoms with E-state index in [-0.39, 0.29) is 12.5 Å². The van der Waals surface area contributed by atoms with Crippen molar-refractivity contribution < 1.29 is 14.6 Å². The number of rotatable bonds is 7. The smallest absolute Gasteiger partial charge is 0.148 e. The second-order valence-electron chi connectivity index (χ2n) is 2.93. The summed E-state index contributed by atoms with van der Waals surface area (Å²) in [5.41, 5.74) is 0. The molecular formula is C9H17NO3. The van der Waals surface area contributed by atoms with Crippen LogP contribution in [0.5, 0.6) is 0 Å². The lowest BCUT2D eigenvalue weighted by molar-refractivity contribution is 0.0187. The van der Waals surface area contributed by atoms with E-state index in [0.717, 1.165) is 0 Å². The molecule has 0 spiro atoms. The molecule has 2 atom stereocenters. The molecule has 0 amide bonds. The van der Waals surface area contributed by atoms with E-state index in [2.05, 4.69) is 6.07 Å². The van der Waals surface area contributed by atoms with Crippen molar-refractivity contribution in [1.29, 1.82) is 5.26 Å². The number of nitriles is 1. The minimum Gasteiger partial charge on any atom is -0.396 e. The van der Waals surface area contributed by atoms with Crippen LogP contribution in [0.4, 0.5) is 0 Å². The molecule has 0 saturated carbocycles. The Balaban J connectivity index is 3.68. The first-order valence-corrected chi connectivity index (χ1v) is 4.37. The Morgan fingerprint density at radius 3 is 2.69 bits per heavy atom. The van der Waals surface area contributed by atoms with E-state index in [1.54, 1.807) is 7.11 Å². The van der Waals surface area contributed by atoms with Gasteiger partial charge in [0.05, 0.1) is 19.3 Å². The van der Waals surface area contributed by atoms with Crippen LogP contribution in [0.25, 0.3) is 0 Å². The lowest BCUT2D eigenvalue weighted by Crippen LogP contribution is -2.24. The Bertz CT molecular complexity index is 155. The lowest BCUT2D eigenvalue weighted by atomic mass is 10.1. The van der Waals surface area contributed by atoms with Crippen LogP contribution in [-0.2, 0) is 9.47 Å². The minimum atomic E-state index is -0.438. The average Bonchev–Trinajstić information content (AvgIpc) is 2.13. The van der Waals surface area contributed by atoms with Crippen molar-refractivity contribution >= 4 is 0 Å². The van der Waals surface area contributed by atoms with Crippen LogP contribution in [0.3, 0.4) is 0 Å². The summed E-state index contributed by atoms with van der Waals surface area (Å²) in [7, 11) is 1.60. The van der Waals surface area contributed by atoms with Crippen LogP contribution in [-0.4, -0.2) is 38.1 Å². The lowest BCUT2D eigenvalue weighted by Gasteiger charge is -2.16. The van der Waals surface area contributed by atoms with Crippen molar-refractivity contribution in [3.05, 3.63) is 0 Å². The minimum absolute atomic E-state index is 0.0636. The second-order valence-corrected chi connectivity index (χ2v) is 2.93. The van der Waals surface area contributed by atoms with E-state index in [1.165, 1.54) is 0 Å². The predicted octanol–water partition coefficient (Wildman–Crippen LogP) is 0.560. The fraction of sp³-hybridized carbons (Fsp3) is 0.889. The van der Waals surface area contributed by atoms with E-state index in [4.69, 9.17) is 19.8 Å². The molecule has 0 aliphatic rings. The van der Waals surface area contributed by atoms with E-state index in [1.807, 2.05) is 6.92 Å². The van der Waals surface area contributed by atoms with E-state index >= 15 is 0 Å². The topological polar surface area (TPSA) is 62.5 Å². The van der Waals surface area contributed by atoms with E-state index < -0.39 is 6.10 Å². The molecule has 2 unspecified atom stereocenters. The largest absolute Gasteiger partial charge is 0.396 e. The summed E-state index contributed by atoms with van der Waals surface area (Å²) < 4.78 is 10.2. The molecule has 76 valence electrons. The summed E-state index contributed by atoms with van der Waals surface area (Å²) in [6.45, 7) is 2.92. The molecular weight excluding hydrogens is 170 g/mol. The number of nitrogens with zero attached hydrogens (tertiary/aromatic N) is 1. The SMILES string of the molecule is COCC(C)C(C#N)OCCCO. The van der Waals surface area contributed by atoms with Gasteiger partial charge in [-0.05, 0) is 6.42 Å². The van der Waals surface area contributed by atoms with Crippen LogP contribution in [0.2, 0.25) is 0 Å². The van der Waals surface area contributed by atoms with Gasteiger partial charge in [-0.1, -0.05) is 6.92 Å². The van der Waals surface area contributed by atoms with Gasteiger partial charge in [-0.25, -0.2) is 0 Å². The summed E-state index contributed by atoms with van der Waals surface area (Å²) in [6.07, 6.45) is 0.129. The van der Waals surface area contributed by atoms with Crippen molar-refractivity contribution in [3.63, 3.8) is 0 Å². The molecule has 1 N–H and O–H groups in total. The highest BCUT2D eigenvalue weighted by molar-refractivity contribution is 4.87. The summed E-state index contributed by atoms with van der Waals surface area (Å²) in [6, 6.07) is 2.06. The first-order valence-electron chi connectivity index (χ1n) is 4.37. The van der Waals surface area contributed by atoms with Gasteiger partial charge in [0.1, 0.15) is 6.10 Å². The van der Waals surface area contributed by atoms with Gasteiger partial charge in [-0.2, -0.15) is 5.26 Å². The Hall–Kier alpha value is -0.630. The number of methoxy groups -OCH3 is 1. The molecule has 4 nitrogen and oxygen atoms in total. The van der Waals surface area contributed by atoms with Gasteiger partial charge in [0, 0.05) is 19.6 Å². The van der Waals surface area contributed by atoms with Crippen molar-refractivity contribution in [1.82, 2.24) is 0 Å². The van der Waals surface area contributed by atoms with Crippen LogP contribution >= 0.6 is 0 Å². The average molecular weight is 187 g/mol. The van der Waals surface area contributed by atoms with E-state index in [0.29, 0.717) is 19.6 Å². The number of hydrogen-bond donors (Lipinski definition) is 1. The quantitative estimate of drug-likeness (QED) is 0.591. The molecule has 0 heterocycles. The van der Waals surface area contributed by atoms with Crippen LogP contribution < -0.4 is 0 Å². The molecule has 0 radical (unpaired) electrons. The maximum Gasteiger partial charge on any atom is 0.148 e. The summed E-state index contributed by atoms with van der Waals surface area (Å²) in [4.78, 5) is 0. The highest BCUT2D eigenvalue weighted by atomic mass is 16.5. The molecule has 0 aromatic heterocycles. The highest BCUT2D eigenvalue weighted by Crippen LogP contribution is 2.07. The predicted molar refractivity (Wildman–Crippen MR) is 48.1 cm³/mol. The zero-order valence-corrected chi connectivity index (χ0v) is 8.19. The van der Waals surface area contributed by atoms with Crippen LogP contribution in [0, 0.1) is 17.2 Å². The van der Waals surface area contributed by atoms with Crippen molar-refractivity contribution in [2.75, 3.05) is 26.9 Å². The first-order chi connectivity index (χ1) is 6.26. The maximum atomic E-state index is 8.73. The summed E-state index contributed by atoms with van der Waals surface area (Å²) in [5, 5.41) is 17.2. The number of aliphatic hydroxyl groups excluding tert-OH is 1. The fourth-order valence-electron chi connectivity index (χ4n) is 0.954. The standard InChI is InChI=1S/C9H17NO3/c1-8(7-12-2)9(6-10)13-5-3-4-11/h8-9,11H,3-5,7H2,1-2H3. The van der Waals surface area contributed by atoms with Crippen LogP contribution in [0.15, 0.2) is 0 Å². The van der Waals surface area contributed by atoms with Gasteiger partial charge in [0.15, 0.2) is 0 Å². The Morgan fingerprint density at radius 1 is 1.54 bits per heavy atom. The third-order valence-electron chi connectivity index (χ3n) is 1.67. The van der Waals surface area contributed by atoms with Gasteiger partial charge in [0.2, 0.25) is 0 Å². The Labute approximate surface area is 79.1 Å². The third-order valence-corrected chi connectivity index (χ3v) is 1.67. The molecule has 0 aliphatic carbocycles. The number of aliphatic hydroxyl groups is 1. The molecule has 0 saturated heterocycles. The normalized spacial score (nSPS) is 14.9. The van der Waals surface area contributed by atoms with Crippen molar-refractivity contribution in [2.24, 2.45) is 5.92 Å². The molecule has 0 aromatic rings. The molecule has 4 heteroatoms. The van der Waals surface area contributed by atoms with Crippen molar-refractivity contribution in [3.8, 4) is 6.07 Å². The van der Waals surface area contributed by atoms with Gasteiger partial charge in [-0.3, -0.25) is 0 Å². The number of hydrogen-bond acceptors (Lipinski definition) is 4. The van der Waals surface area contributed by atoms with Gasteiger partial charge in [0.25, 0.3) is 0 Å². The summed E-state index contributed by atoms with van der Waals surface area (Å²) >= 11 is 0. The monoisotopic (exact) mass is 187 g/mol. The van der Waals surface area contributed by atoms with Crippen LogP contribution in [0.1, 0.15) is 13.3 Å². The van der Waals surface area contributed by atoms with Gasteiger partial charge in [-0.15, -0.1) is 0 Å². The zero-order valence-electron chi connectivity index (χ0n) is 8.19. The summed E-state index contributed by atoms with van der Waals surface area (Å²) in [5.74, 6) is 0.0636. The Morgan fingerprint density at radius 2 is 2.23 bits per heavy atom. The fourth-order valence-corrected chi connectivity index (χ4v) is 0.954. The molecule has 0 fully saturated rings. The maximum absolute atomic E-state index is 8.73. The molecule has 0 rings (SSSR count). The zero-order chi connectivity index (χ0) is 10.1. The van der Waals surface area contributed by atoms with E-state index in [9.17, 15) is 0 Å². The van der Waals surface area contributed by atoms with Gasteiger partial charge < -0.3 is 14.6 Å². The van der Waals surface area contributed by atoms with Crippen molar-refractivity contribution in [2.45, 2.75) is 19.4 Å². The third kappa shape index (κ3) is 5.58. The second kappa shape index (κ2) is 7.99. The highest BCUT2D eigenvalue weighted by Gasteiger charge is 2.16.